The van der Waals surface area contributed by atoms with Crippen molar-refractivity contribution in [2.75, 3.05) is 19.8 Å². The number of rotatable bonds is 8. The van der Waals surface area contributed by atoms with Gasteiger partial charge in [0.25, 0.3) is 0 Å². The number of thiazole rings is 1. The van der Waals surface area contributed by atoms with E-state index in [1.54, 1.807) is 11.3 Å². The first kappa shape index (κ1) is 16.4. The first-order chi connectivity index (χ1) is 9.52. The summed E-state index contributed by atoms with van der Waals surface area (Å²) < 4.78 is 4.80. The summed E-state index contributed by atoms with van der Waals surface area (Å²) in [5.41, 5.74) is 0. The molecule has 1 heterocycles. The van der Waals surface area contributed by atoms with Gasteiger partial charge in [-0.05, 0) is 13.3 Å². The lowest BCUT2D eigenvalue weighted by Gasteiger charge is -2.12. The van der Waals surface area contributed by atoms with Crippen LogP contribution in [0.3, 0.4) is 0 Å². The number of urea groups is 1. The third kappa shape index (κ3) is 5.98. The molecule has 0 bridgehead atoms. The average Bonchev–Trinajstić information content (AvgIpc) is 2.86. The van der Waals surface area contributed by atoms with E-state index in [9.17, 15) is 9.59 Å². The summed E-state index contributed by atoms with van der Waals surface area (Å²) in [5, 5.41) is 14.6. The molecule has 0 radical (unpaired) electrons. The van der Waals surface area contributed by atoms with Gasteiger partial charge in [-0.25, -0.2) is 14.6 Å². The second-order valence-electron chi connectivity index (χ2n) is 4.09. The number of ether oxygens (including phenoxy) is 1. The number of carbonyl (C=O) groups is 2. The quantitative estimate of drug-likeness (QED) is 0.626. The van der Waals surface area contributed by atoms with Crippen LogP contribution in [0.4, 0.5) is 4.79 Å². The predicted octanol–water partition coefficient (Wildman–Crippen LogP) is 1.17. The normalized spacial score (nSPS) is 11.9. The van der Waals surface area contributed by atoms with E-state index in [1.165, 1.54) is 4.88 Å². The fourth-order valence-electron chi connectivity index (χ4n) is 1.39. The van der Waals surface area contributed by atoms with Gasteiger partial charge in [0.15, 0.2) is 0 Å². The van der Waals surface area contributed by atoms with Gasteiger partial charge in [0.1, 0.15) is 11.6 Å². The van der Waals surface area contributed by atoms with Gasteiger partial charge < -0.3 is 20.5 Å². The van der Waals surface area contributed by atoms with Crippen LogP contribution in [0.15, 0.2) is 6.20 Å². The van der Waals surface area contributed by atoms with Gasteiger partial charge in [0.05, 0.1) is 12.6 Å². The van der Waals surface area contributed by atoms with E-state index in [-0.39, 0.29) is 31.8 Å². The van der Waals surface area contributed by atoms with Crippen LogP contribution >= 0.6 is 11.3 Å². The molecule has 1 aromatic heterocycles. The maximum Gasteiger partial charge on any atom is 0.329 e. The SMILES string of the molecule is CCc1cnc(C(C)NC(=O)NCCOCC(=O)O)s1. The molecule has 1 atom stereocenters. The minimum atomic E-state index is -1.03. The number of aryl methyl sites for hydroxylation is 1. The van der Waals surface area contributed by atoms with Gasteiger partial charge in [-0.1, -0.05) is 6.92 Å². The largest absolute Gasteiger partial charge is 0.480 e. The molecule has 0 aliphatic heterocycles. The Hall–Kier alpha value is -1.67. The standard InChI is InChI=1S/C12H19N3O4S/c1-3-9-6-14-11(20-9)8(2)15-12(18)13-4-5-19-7-10(16)17/h6,8H,3-5,7H2,1-2H3,(H,16,17)(H2,13,15,18). The monoisotopic (exact) mass is 301 g/mol. The first-order valence-corrected chi connectivity index (χ1v) is 7.13. The molecule has 0 aliphatic carbocycles. The van der Waals surface area contributed by atoms with Gasteiger partial charge in [0.2, 0.25) is 0 Å². The van der Waals surface area contributed by atoms with E-state index in [0.717, 1.165) is 11.4 Å². The third-order valence-corrected chi connectivity index (χ3v) is 3.72. The Morgan fingerprint density at radius 1 is 1.55 bits per heavy atom. The van der Waals surface area contributed by atoms with Crippen molar-refractivity contribution in [3.8, 4) is 0 Å². The van der Waals surface area contributed by atoms with Gasteiger partial charge in [-0.15, -0.1) is 11.3 Å². The van der Waals surface area contributed by atoms with Gasteiger partial charge >= 0.3 is 12.0 Å². The second-order valence-corrected chi connectivity index (χ2v) is 5.23. The summed E-state index contributed by atoms with van der Waals surface area (Å²) in [6.07, 6.45) is 2.74. The molecule has 1 unspecified atom stereocenters. The molecule has 112 valence electrons. The maximum atomic E-state index is 11.6. The lowest BCUT2D eigenvalue weighted by molar-refractivity contribution is -0.142. The molecule has 0 spiro atoms. The van der Waals surface area contributed by atoms with Crippen molar-refractivity contribution < 1.29 is 19.4 Å². The van der Waals surface area contributed by atoms with Crippen LogP contribution in [0, 0.1) is 0 Å². The predicted molar refractivity (Wildman–Crippen MR) is 74.9 cm³/mol. The molecular formula is C12H19N3O4S. The third-order valence-electron chi connectivity index (χ3n) is 2.40. The number of amides is 2. The lowest BCUT2D eigenvalue weighted by atomic mass is 10.3. The molecule has 0 fully saturated rings. The lowest BCUT2D eigenvalue weighted by Crippen LogP contribution is -2.38. The number of aliphatic carboxylic acids is 1. The Kier molecular flexibility index (Phi) is 6.96. The topological polar surface area (TPSA) is 101 Å². The molecule has 0 aliphatic rings. The van der Waals surface area contributed by atoms with E-state index in [0.29, 0.717) is 0 Å². The van der Waals surface area contributed by atoms with Crippen molar-refractivity contribution >= 4 is 23.3 Å². The molecule has 0 saturated heterocycles. The van der Waals surface area contributed by atoms with Crippen LogP contribution in [0.25, 0.3) is 0 Å². The number of hydrogen-bond acceptors (Lipinski definition) is 5. The van der Waals surface area contributed by atoms with Crippen molar-refractivity contribution in [3.63, 3.8) is 0 Å². The smallest absolute Gasteiger partial charge is 0.329 e. The van der Waals surface area contributed by atoms with Crippen LogP contribution in [0.1, 0.15) is 29.8 Å². The van der Waals surface area contributed by atoms with Crippen LogP contribution in [-0.2, 0) is 16.0 Å². The number of hydrogen-bond donors (Lipinski definition) is 3. The number of nitrogens with one attached hydrogen (secondary N) is 2. The minimum absolute atomic E-state index is 0.158. The van der Waals surface area contributed by atoms with Crippen molar-refractivity contribution in [2.45, 2.75) is 26.3 Å². The fourth-order valence-corrected chi connectivity index (χ4v) is 2.25. The van der Waals surface area contributed by atoms with Crippen LogP contribution in [0.2, 0.25) is 0 Å². The van der Waals surface area contributed by atoms with E-state index in [4.69, 9.17) is 9.84 Å². The fraction of sp³-hybridized carbons (Fsp3) is 0.583. The number of nitrogens with zero attached hydrogens (tertiary/aromatic N) is 1. The molecule has 3 N–H and O–H groups in total. The Bertz CT molecular complexity index is 450. The highest BCUT2D eigenvalue weighted by Crippen LogP contribution is 2.19. The zero-order valence-electron chi connectivity index (χ0n) is 11.5. The first-order valence-electron chi connectivity index (χ1n) is 6.31. The van der Waals surface area contributed by atoms with Crippen molar-refractivity contribution in [1.82, 2.24) is 15.6 Å². The zero-order valence-corrected chi connectivity index (χ0v) is 12.3. The summed E-state index contributed by atoms with van der Waals surface area (Å²) in [7, 11) is 0. The highest BCUT2D eigenvalue weighted by Gasteiger charge is 2.12. The Balaban J connectivity index is 2.22. The van der Waals surface area contributed by atoms with Gasteiger partial charge in [0, 0.05) is 17.6 Å². The summed E-state index contributed by atoms with van der Waals surface area (Å²) in [4.78, 5) is 27.2. The Morgan fingerprint density at radius 2 is 2.30 bits per heavy atom. The van der Waals surface area contributed by atoms with Crippen LogP contribution in [-0.4, -0.2) is 41.8 Å². The Morgan fingerprint density at radius 3 is 2.90 bits per heavy atom. The molecule has 0 aromatic carbocycles. The molecule has 8 heteroatoms. The number of carboxylic acids is 1. The maximum absolute atomic E-state index is 11.6. The molecular weight excluding hydrogens is 282 g/mol. The summed E-state index contributed by atoms with van der Waals surface area (Å²) >= 11 is 1.57. The number of carboxylic acid groups (broad SMARTS) is 1. The molecule has 1 rings (SSSR count). The van der Waals surface area contributed by atoms with Gasteiger partial charge in [-0.2, -0.15) is 0 Å². The van der Waals surface area contributed by atoms with E-state index < -0.39 is 5.97 Å². The summed E-state index contributed by atoms with van der Waals surface area (Å²) in [5.74, 6) is -1.03. The molecule has 0 saturated carbocycles. The zero-order chi connectivity index (χ0) is 15.0. The Labute approximate surface area is 121 Å². The molecule has 20 heavy (non-hydrogen) atoms. The summed E-state index contributed by atoms with van der Waals surface area (Å²) in [6.45, 7) is 3.96. The van der Waals surface area contributed by atoms with Crippen molar-refractivity contribution in [1.29, 1.82) is 0 Å². The average molecular weight is 301 g/mol. The van der Waals surface area contributed by atoms with Crippen LogP contribution in [0.5, 0.6) is 0 Å². The molecule has 2 amide bonds. The van der Waals surface area contributed by atoms with E-state index in [2.05, 4.69) is 22.5 Å². The minimum Gasteiger partial charge on any atom is -0.480 e. The van der Waals surface area contributed by atoms with E-state index in [1.807, 2.05) is 13.1 Å². The molecule has 1 aromatic rings. The van der Waals surface area contributed by atoms with Crippen LogP contribution < -0.4 is 10.6 Å². The van der Waals surface area contributed by atoms with E-state index >= 15 is 0 Å². The molecule has 7 nitrogen and oxygen atoms in total. The highest BCUT2D eigenvalue weighted by molar-refractivity contribution is 7.11. The number of aromatic nitrogens is 1. The van der Waals surface area contributed by atoms with Crippen molar-refractivity contribution in [2.24, 2.45) is 0 Å². The summed E-state index contributed by atoms with van der Waals surface area (Å²) in [6, 6.07) is -0.495. The number of carbonyl (C=O) groups excluding carboxylic acids is 1. The second kappa shape index (κ2) is 8.49. The van der Waals surface area contributed by atoms with Crippen molar-refractivity contribution in [3.05, 3.63) is 16.1 Å². The highest BCUT2D eigenvalue weighted by atomic mass is 32.1. The van der Waals surface area contributed by atoms with Gasteiger partial charge in [-0.3, -0.25) is 0 Å².